The molecule has 0 aliphatic rings. The second kappa shape index (κ2) is 5.21. The highest BCUT2D eigenvalue weighted by Gasteiger charge is 2.10. The topological polar surface area (TPSA) is 43.8 Å². The molecular formula is C12H13BrClN3. The zero-order chi connectivity index (χ0) is 12.4. The molecular weight excluding hydrogens is 302 g/mol. The molecule has 0 radical (unpaired) electrons. The van der Waals surface area contributed by atoms with Gasteiger partial charge in [0, 0.05) is 28.8 Å². The van der Waals surface area contributed by atoms with E-state index in [1.807, 2.05) is 37.6 Å². The molecule has 0 fully saturated rings. The van der Waals surface area contributed by atoms with Gasteiger partial charge in [-0.15, -0.1) is 0 Å². The van der Waals surface area contributed by atoms with Crippen LogP contribution in [0.1, 0.15) is 17.2 Å². The number of aromatic nitrogens is 2. The van der Waals surface area contributed by atoms with Gasteiger partial charge in [0.05, 0.1) is 6.20 Å². The molecule has 1 heterocycles. The molecule has 0 amide bonds. The van der Waals surface area contributed by atoms with E-state index < -0.39 is 0 Å². The summed E-state index contributed by atoms with van der Waals surface area (Å²) in [7, 11) is 1.89. The Hall–Kier alpha value is -0.840. The molecule has 90 valence electrons. The number of aryl methyl sites for hydroxylation is 1. The van der Waals surface area contributed by atoms with Crippen molar-refractivity contribution in [3.05, 3.63) is 51.2 Å². The maximum Gasteiger partial charge on any atom is 0.0522 e. The lowest BCUT2D eigenvalue weighted by molar-refractivity contribution is 0.719. The first-order valence-electron chi connectivity index (χ1n) is 5.23. The first kappa shape index (κ1) is 12.6. The predicted molar refractivity (Wildman–Crippen MR) is 73.0 cm³/mol. The van der Waals surface area contributed by atoms with Crippen molar-refractivity contribution in [3.8, 4) is 0 Å². The molecule has 0 spiro atoms. The van der Waals surface area contributed by atoms with Gasteiger partial charge in [-0.3, -0.25) is 4.68 Å². The largest absolute Gasteiger partial charge is 0.324 e. The maximum absolute atomic E-state index is 6.16. The monoisotopic (exact) mass is 313 g/mol. The summed E-state index contributed by atoms with van der Waals surface area (Å²) in [6.45, 7) is 0. The van der Waals surface area contributed by atoms with Crippen LogP contribution in [0.3, 0.4) is 0 Å². The fourth-order valence-corrected chi connectivity index (χ4v) is 2.62. The van der Waals surface area contributed by atoms with Crippen molar-refractivity contribution < 1.29 is 0 Å². The number of benzene rings is 1. The Bertz CT molecular complexity index is 504. The van der Waals surface area contributed by atoms with E-state index in [9.17, 15) is 0 Å². The second-order valence-corrected chi connectivity index (χ2v) is 5.39. The molecule has 5 heteroatoms. The van der Waals surface area contributed by atoms with E-state index in [0.29, 0.717) is 5.02 Å². The quantitative estimate of drug-likeness (QED) is 0.946. The Kier molecular flexibility index (Phi) is 3.86. The molecule has 2 rings (SSSR count). The van der Waals surface area contributed by atoms with Crippen molar-refractivity contribution in [2.24, 2.45) is 12.8 Å². The summed E-state index contributed by atoms with van der Waals surface area (Å²) in [5.74, 6) is 0. The number of rotatable bonds is 3. The van der Waals surface area contributed by atoms with Crippen molar-refractivity contribution in [2.45, 2.75) is 12.5 Å². The van der Waals surface area contributed by atoms with Crippen molar-refractivity contribution >= 4 is 27.5 Å². The zero-order valence-electron chi connectivity index (χ0n) is 9.40. The third-order valence-corrected chi connectivity index (χ3v) is 3.20. The highest BCUT2D eigenvalue weighted by molar-refractivity contribution is 9.10. The van der Waals surface area contributed by atoms with Crippen LogP contribution >= 0.6 is 27.5 Å². The van der Waals surface area contributed by atoms with E-state index in [1.54, 1.807) is 4.68 Å². The minimum Gasteiger partial charge on any atom is -0.324 e. The molecule has 0 saturated heterocycles. The van der Waals surface area contributed by atoms with Crippen LogP contribution in [0.2, 0.25) is 5.02 Å². The van der Waals surface area contributed by atoms with Crippen LogP contribution in [-0.4, -0.2) is 9.78 Å². The van der Waals surface area contributed by atoms with Gasteiger partial charge in [0.25, 0.3) is 0 Å². The summed E-state index contributed by atoms with van der Waals surface area (Å²) in [5.41, 5.74) is 8.30. The lowest BCUT2D eigenvalue weighted by Crippen LogP contribution is -2.13. The highest BCUT2D eigenvalue weighted by Crippen LogP contribution is 2.24. The Morgan fingerprint density at radius 1 is 1.47 bits per heavy atom. The molecule has 1 aromatic heterocycles. The lowest BCUT2D eigenvalue weighted by atomic mass is 10.0. The summed E-state index contributed by atoms with van der Waals surface area (Å²) in [6.07, 6.45) is 4.56. The minimum atomic E-state index is -0.0748. The Labute approximate surface area is 114 Å². The summed E-state index contributed by atoms with van der Waals surface area (Å²) < 4.78 is 2.72. The fourth-order valence-electron chi connectivity index (χ4n) is 1.74. The molecule has 2 aromatic rings. The molecule has 1 atom stereocenters. The third kappa shape index (κ3) is 3.31. The average Bonchev–Trinajstić information content (AvgIpc) is 2.62. The van der Waals surface area contributed by atoms with Gasteiger partial charge in [-0.1, -0.05) is 27.5 Å². The zero-order valence-corrected chi connectivity index (χ0v) is 11.7. The Morgan fingerprint density at radius 3 is 2.82 bits per heavy atom. The van der Waals surface area contributed by atoms with E-state index in [-0.39, 0.29) is 6.04 Å². The van der Waals surface area contributed by atoms with E-state index in [4.69, 9.17) is 17.3 Å². The smallest absolute Gasteiger partial charge is 0.0522 e. The van der Waals surface area contributed by atoms with Gasteiger partial charge in [-0.2, -0.15) is 5.10 Å². The van der Waals surface area contributed by atoms with E-state index in [0.717, 1.165) is 22.0 Å². The van der Waals surface area contributed by atoms with Crippen LogP contribution in [-0.2, 0) is 13.5 Å². The van der Waals surface area contributed by atoms with Crippen LogP contribution in [0.5, 0.6) is 0 Å². The highest BCUT2D eigenvalue weighted by atomic mass is 79.9. The molecule has 0 aliphatic carbocycles. The lowest BCUT2D eigenvalue weighted by Gasteiger charge is -2.11. The van der Waals surface area contributed by atoms with Crippen molar-refractivity contribution in [1.29, 1.82) is 0 Å². The number of nitrogens with two attached hydrogens (primary N) is 1. The molecule has 1 unspecified atom stereocenters. The predicted octanol–water partition coefficient (Wildman–Crippen LogP) is 3.08. The van der Waals surface area contributed by atoms with Gasteiger partial charge in [-0.25, -0.2) is 0 Å². The molecule has 0 saturated carbocycles. The van der Waals surface area contributed by atoms with Crippen LogP contribution < -0.4 is 5.73 Å². The van der Waals surface area contributed by atoms with Gasteiger partial charge in [0.2, 0.25) is 0 Å². The van der Waals surface area contributed by atoms with Crippen LogP contribution in [0.25, 0.3) is 0 Å². The molecule has 17 heavy (non-hydrogen) atoms. The van der Waals surface area contributed by atoms with E-state index in [2.05, 4.69) is 21.0 Å². The van der Waals surface area contributed by atoms with Gasteiger partial charge < -0.3 is 5.73 Å². The fraction of sp³-hybridized carbons (Fsp3) is 0.250. The summed E-state index contributed by atoms with van der Waals surface area (Å²) in [6, 6.07) is 5.66. The van der Waals surface area contributed by atoms with Gasteiger partial charge in [0.15, 0.2) is 0 Å². The summed E-state index contributed by atoms with van der Waals surface area (Å²) >= 11 is 9.41. The van der Waals surface area contributed by atoms with Crippen LogP contribution in [0, 0.1) is 0 Å². The molecule has 1 aromatic carbocycles. The molecule has 3 nitrogen and oxygen atoms in total. The van der Waals surface area contributed by atoms with Gasteiger partial charge in [0.1, 0.15) is 0 Å². The van der Waals surface area contributed by atoms with Crippen LogP contribution in [0.4, 0.5) is 0 Å². The summed E-state index contributed by atoms with van der Waals surface area (Å²) in [4.78, 5) is 0. The molecule has 0 aliphatic heterocycles. The number of halogens is 2. The van der Waals surface area contributed by atoms with Crippen molar-refractivity contribution in [1.82, 2.24) is 9.78 Å². The van der Waals surface area contributed by atoms with E-state index >= 15 is 0 Å². The number of hydrogen-bond acceptors (Lipinski definition) is 2. The Morgan fingerprint density at radius 2 is 2.24 bits per heavy atom. The van der Waals surface area contributed by atoms with Crippen molar-refractivity contribution in [2.75, 3.05) is 0 Å². The normalized spacial score (nSPS) is 12.7. The molecule has 2 N–H and O–H groups in total. The minimum absolute atomic E-state index is 0.0748. The number of hydrogen-bond donors (Lipinski definition) is 1. The first-order chi connectivity index (χ1) is 8.04. The van der Waals surface area contributed by atoms with E-state index in [1.165, 1.54) is 0 Å². The van der Waals surface area contributed by atoms with Crippen molar-refractivity contribution in [3.63, 3.8) is 0 Å². The average molecular weight is 315 g/mol. The maximum atomic E-state index is 6.16. The second-order valence-electron chi connectivity index (χ2n) is 4.04. The number of nitrogens with zero attached hydrogens (tertiary/aromatic N) is 2. The Balaban J connectivity index is 2.16. The standard InChI is InChI=1S/C12H13BrClN3/c1-17-7-8(6-16-17)2-12(15)9-3-10(13)5-11(14)4-9/h3-7,12H,2,15H2,1H3. The SMILES string of the molecule is Cn1cc(CC(N)c2cc(Cl)cc(Br)c2)cn1. The summed E-state index contributed by atoms with van der Waals surface area (Å²) in [5, 5.41) is 4.81. The van der Waals surface area contributed by atoms with Gasteiger partial charge in [-0.05, 0) is 35.7 Å². The molecule has 0 bridgehead atoms. The third-order valence-electron chi connectivity index (χ3n) is 2.53. The first-order valence-corrected chi connectivity index (χ1v) is 6.41. The van der Waals surface area contributed by atoms with Gasteiger partial charge >= 0.3 is 0 Å². The van der Waals surface area contributed by atoms with Crippen LogP contribution in [0.15, 0.2) is 35.1 Å².